The molecule has 0 fully saturated rings. The second-order valence-corrected chi connectivity index (χ2v) is 11.3. The fourth-order valence-corrected chi connectivity index (χ4v) is 8.12. The number of rotatable bonds is 0. The molecule has 1 aliphatic rings. The molecule has 0 saturated heterocycles. The molecule has 2 rings (SSSR count). The molecule has 1 aliphatic heterocycles. The molecule has 0 saturated carbocycles. The SMILES string of the molecule is CC1(C)[Se]c2ccccc2[Se]1. The predicted molar refractivity (Wildman–Crippen MR) is 51.3 cm³/mol. The number of hydrogen-bond acceptors (Lipinski definition) is 0. The Labute approximate surface area is 80.1 Å². The van der Waals surface area contributed by atoms with Crippen molar-refractivity contribution >= 4 is 38.8 Å². The molecule has 0 unspecified atom stereocenters. The fraction of sp³-hybridized carbons (Fsp3) is 0.333. The van der Waals surface area contributed by atoms with Crippen LogP contribution in [0.25, 0.3) is 0 Å². The molecule has 0 aliphatic carbocycles. The quantitative estimate of drug-likeness (QED) is 0.606. The maximum atomic E-state index is 2.40. The molecule has 0 atom stereocenters. The van der Waals surface area contributed by atoms with Gasteiger partial charge in [-0.3, -0.25) is 0 Å². The Morgan fingerprint density at radius 3 is 1.91 bits per heavy atom. The van der Waals surface area contributed by atoms with E-state index < -0.39 is 0 Å². The van der Waals surface area contributed by atoms with Gasteiger partial charge < -0.3 is 0 Å². The monoisotopic (exact) mass is 278 g/mol. The van der Waals surface area contributed by atoms with Crippen LogP contribution in [0.2, 0.25) is 3.21 Å². The van der Waals surface area contributed by atoms with Crippen molar-refractivity contribution in [3.63, 3.8) is 0 Å². The van der Waals surface area contributed by atoms with Crippen LogP contribution in [0.5, 0.6) is 0 Å². The number of fused-ring (bicyclic) bond motifs is 1. The average molecular weight is 276 g/mol. The molecule has 1 heterocycles. The van der Waals surface area contributed by atoms with E-state index >= 15 is 0 Å². The standard InChI is InChI=1S/C9H10Se2/c1-9(2)10-7-5-3-4-6-8(7)11-9/h3-6H,1-2H3. The summed E-state index contributed by atoms with van der Waals surface area (Å²) in [7, 11) is 0. The first-order valence-electron chi connectivity index (χ1n) is 3.64. The summed E-state index contributed by atoms with van der Waals surface area (Å²) < 4.78 is 3.92. The molecular formula is C9H10Se2. The summed E-state index contributed by atoms with van der Waals surface area (Å²) in [5, 5.41) is 0. The third-order valence-corrected chi connectivity index (χ3v) is 8.51. The Balaban J connectivity index is 2.41. The van der Waals surface area contributed by atoms with Gasteiger partial charge in [0.25, 0.3) is 0 Å². The first kappa shape index (κ1) is 7.88. The van der Waals surface area contributed by atoms with Crippen molar-refractivity contribution in [2.24, 2.45) is 0 Å². The molecule has 0 bridgehead atoms. The topological polar surface area (TPSA) is 0 Å². The van der Waals surface area contributed by atoms with Crippen molar-refractivity contribution < 1.29 is 0 Å². The van der Waals surface area contributed by atoms with Crippen molar-refractivity contribution in [3.8, 4) is 0 Å². The van der Waals surface area contributed by atoms with E-state index in [-0.39, 0.29) is 0 Å². The summed E-state index contributed by atoms with van der Waals surface area (Å²) in [6, 6.07) is 8.92. The van der Waals surface area contributed by atoms with Crippen molar-refractivity contribution in [1.82, 2.24) is 0 Å². The van der Waals surface area contributed by atoms with Gasteiger partial charge in [-0.2, -0.15) is 0 Å². The summed E-state index contributed by atoms with van der Waals surface area (Å²) in [6.07, 6.45) is 0. The van der Waals surface area contributed by atoms with Gasteiger partial charge in [0.15, 0.2) is 0 Å². The zero-order valence-corrected chi connectivity index (χ0v) is 10.1. The molecule has 0 aromatic heterocycles. The van der Waals surface area contributed by atoms with E-state index in [9.17, 15) is 0 Å². The molecule has 0 N–H and O–H groups in total. The van der Waals surface area contributed by atoms with E-state index in [2.05, 4.69) is 38.1 Å². The minimum atomic E-state index is 0.629. The maximum absolute atomic E-state index is 2.40. The van der Waals surface area contributed by atoms with Crippen molar-refractivity contribution in [2.45, 2.75) is 17.1 Å². The van der Waals surface area contributed by atoms with E-state index in [1.54, 1.807) is 8.92 Å². The second kappa shape index (κ2) is 2.64. The fourth-order valence-electron chi connectivity index (χ4n) is 1.17. The second-order valence-electron chi connectivity index (χ2n) is 3.05. The van der Waals surface area contributed by atoms with Gasteiger partial charge in [-0.15, -0.1) is 0 Å². The van der Waals surface area contributed by atoms with Gasteiger partial charge in [0.1, 0.15) is 0 Å². The Kier molecular flexibility index (Phi) is 1.89. The van der Waals surface area contributed by atoms with Gasteiger partial charge in [-0.25, -0.2) is 0 Å². The minimum absolute atomic E-state index is 0.629. The van der Waals surface area contributed by atoms with Gasteiger partial charge in [0.2, 0.25) is 0 Å². The van der Waals surface area contributed by atoms with Gasteiger partial charge in [0, 0.05) is 0 Å². The van der Waals surface area contributed by atoms with Crippen LogP contribution in [0.1, 0.15) is 13.8 Å². The van der Waals surface area contributed by atoms with E-state index in [0.717, 1.165) is 29.9 Å². The molecule has 1 aromatic rings. The average Bonchev–Trinajstić information content (AvgIpc) is 2.21. The molecule has 2 heteroatoms. The Bertz CT molecular complexity index is 252. The van der Waals surface area contributed by atoms with Crippen LogP contribution < -0.4 is 8.92 Å². The van der Waals surface area contributed by atoms with Gasteiger partial charge in [-0.1, -0.05) is 0 Å². The first-order valence-corrected chi connectivity index (χ1v) is 7.07. The number of hydrogen-bond donors (Lipinski definition) is 0. The van der Waals surface area contributed by atoms with E-state index in [0.29, 0.717) is 3.21 Å². The van der Waals surface area contributed by atoms with Crippen LogP contribution in [-0.4, -0.2) is 29.9 Å². The third-order valence-electron chi connectivity index (χ3n) is 1.56. The van der Waals surface area contributed by atoms with Gasteiger partial charge in [0.05, 0.1) is 0 Å². The van der Waals surface area contributed by atoms with Crippen LogP contribution >= 0.6 is 0 Å². The van der Waals surface area contributed by atoms with Gasteiger partial charge >= 0.3 is 80.2 Å². The molecule has 0 spiro atoms. The van der Waals surface area contributed by atoms with E-state index in [1.165, 1.54) is 0 Å². The van der Waals surface area contributed by atoms with Crippen LogP contribution in [-0.2, 0) is 0 Å². The molecule has 0 nitrogen and oxygen atoms in total. The molecule has 0 amide bonds. The predicted octanol–water partition coefficient (Wildman–Crippen LogP) is 0.515. The molecule has 11 heavy (non-hydrogen) atoms. The zero-order chi connectivity index (χ0) is 7.90. The van der Waals surface area contributed by atoms with Crippen LogP contribution in [0.3, 0.4) is 0 Å². The molecular weight excluding hydrogens is 266 g/mol. The molecule has 0 radical (unpaired) electrons. The summed E-state index contributed by atoms with van der Waals surface area (Å²) in [5.41, 5.74) is 0. The van der Waals surface area contributed by atoms with Crippen molar-refractivity contribution in [3.05, 3.63) is 24.3 Å². The van der Waals surface area contributed by atoms with E-state index in [1.807, 2.05) is 0 Å². The number of benzene rings is 1. The Morgan fingerprint density at radius 2 is 1.45 bits per heavy atom. The van der Waals surface area contributed by atoms with Gasteiger partial charge in [-0.05, 0) is 0 Å². The summed E-state index contributed by atoms with van der Waals surface area (Å²) in [5.74, 6) is 0. The normalized spacial score (nSPS) is 19.8. The van der Waals surface area contributed by atoms with Crippen LogP contribution in [0.4, 0.5) is 0 Å². The summed E-state index contributed by atoms with van der Waals surface area (Å²) >= 11 is 1.45. The summed E-state index contributed by atoms with van der Waals surface area (Å²) in [4.78, 5) is 0. The molecule has 58 valence electrons. The van der Waals surface area contributed by atoms with E-state index in [4.69, 9.17) is 0 Å². The third kappa shape index (κ3) is 1.55. The van der Waals surface area contributed by atoms with Crippen LogP contribution in [0.15, 0.2) is 24.3 Å². The molecule has 1 aromatic carbocycles. The van der Waals surface area contributed by atoms with Crippen molar-refractivity contribution in [2.75, 3.05) is 0 Å². The Hall–Kier alpha value is 0.259. The summed E-state index contributed by atoms with van der Waals surface area (Å²) in [6.45, 7) is 4.79. The Morgan fingerprint density at radius 1 is 1.00 bits per heavy atom. The van der Waals surface area contributed by atoms with Crippen LogP contribution in [0, 0.1) is 0 Å². The first-order chi connectivity index (χ1) is 5.17. The van der Waals surface area contributed by atoms with Crippen molar-refractivity contribution in [1.29, 1.82) is 0 Å². The zero-order valence-electron chi connectivity index (χ0n) is 6.63.